The molecule has 0 aliphatic heterocycles. The first-order chi connectivity index (χ1) is 8.19. The molecule has 1 fully saturated rings. The van der Waals surface area contributed by atoms with Crippen LogP contribution in [0.2, 0.25) is 0 Å². The maximum absolute atomic E-state index is 12.0. The molecule has 0 aromatic rings. The molecule has 0 radical (unpaired) electrons. The van der Waals surface area contributed by atoms with E-state index in [1.54, 1.807) is 0 Å². The second kappa shape index (κ2) is 4.37. The highest BCUT2D eigenvalue weighted by atomic mass is 16.6. The number of amides is 1. The molecule has 2 unspecified atom stereocenters. The highest BCUT2D eigenvalue weighted by Gasteiger charge is 2.65. The number of hydrogen-bond donors (Lipinski definition) is 2. The number of ether oxygens (including phenoxy) is 1. The minimum atomic E-state index is -0.493. The van der Waals surface area contributed by atoms with Crippen molar-refractivity contribution in [3.05, 3.63) is 0 Å². The largest absolute Gasteiger partial charge is 0.444 e. The molecule has 19 heavy (non-hydrogen) atoms. The Kier molecular flexibility index (Phi) is 3.74. The van der Waals surface area contributed by atoms with Gasteiger partial charge in [-0.1, -0.05) is 34.6 Å². The molecule has 0 heterocycles. The van der Waals surface area contributed by atoms with Crippen molar-refractivity contribution in [1.82, 2.24) is 5.32 Å². The fourth-order valence-electron chi connectivity index (χ4n) is 2.72. The van der Waals surface area contributed by atoms with Crippen LogP contribution in [0.1, 0.15) is 61.8 Å². The summed E-state index contributed by atoms with van der Waals surface area (Å²) in [5, 5.41) is 2.99. The summed E-state index contributed by atoms with van der Waals surface area (Å²) >= 11 is 0. The molecule has 112 valence electrons. The van der Waals surface area contributed by atoms with Crippen LogP contribution in [0.5, 0.6) is 0 Å². The summed E-state index contributed by atoms with van der Waals surface area (Å²) < 4.78 is 5.35. The third kappa shape index (κ3) is 3.62. The average Bonchev–Trinajstić information content (AvgIpc) is 2.57. The van der Waals surface area contributed by atoms with Gasteiger partial charge in [-0.15, -0.1) is 0 Å². The minimum Gasteiger partial charge on any atom is -0.444 e. The molecule has 0 aromatic carbocycles. The lowest BCUT2D eigenvalue weighted by Crippen LogP contribution is -2.59. The van der Waals surface area contributed by atoms with Crippen molar-refractivity contribution in [3.63, 3.8) is 0 Å². The van der Waals surface area contributed by atoms with E-state index in [4.69, 9.17) is 10.5 Å². The van der Waals surface area contributed by atoms with E-state index in [9.17, 15) is 4.79 Å². The van der Waals surface area contributed by atoms with Gasteiger partial charge >= 0.3 is 6.09 Å². The van der Waals surface area contributed by atoms with Crippen LogP contribution in [0.15, 0.2) is 0 Å². The van der Waals surface area contributed by atoms with Gasteiger partial charge in [-0.05, 0) is 38.0 Å². The lowest BCUT2D eigenvalue weighted by molar-refractivity contribution is 0.0431. The number of nitrogens with one attached hydrogen (secondary N) is 1. The molecule has 1 amide bonds. The van der Waals surface area contributed by atoms with Gasteiger partial charge < -0.3 is 15.8 Å². The van der Waals surface area contributed by atoms with E-state index in [0.717, 1.165) is 6.42 Å². The highest BCUT2D eigenvalue weighted by molar-refractivity contribution is 5.68. The fraction of sp³-hybridized carbons (Fsp3) is 0.933. The van der Waals surface area contributed by atoms with E-state index in [-0.39, 0.29) is 28.5 Å². The molecule has 0 spiro atoms. The molecular weight excluding hydrogens is 240 g/mol. The quantitative estimate of drug-likeness (QED) is 0.810. The molecule has 0 aromatic heterocycles. The summed E-state index contributed by atoms with van der Waals surface area (Å²) in [4.78, 5) is 12.0. The second-order valence-corrected chi connectivity index (χ2v) is 8.55. The van der Waals surface area contributed by atoms with Crippen LogP contribution < -0.4 is 11.1 Å². The van der Waals surface area contributed by atoms with E-state index in [0.29, 0.717) is 0 Å². The second-order valence-electron chi connectivity index (χ2n) is 8.55. The zero-order valence-corrected chi connectivity index (χ0v) is 13.7. The zero-order chi connectivity index (χ0) is 15.3. The maximum atomic E-state index is 12.0. The van der Waals surface area contributed by atoms with Crippen LogP contribution in [-0.4, -0.2) is 23.3 Å². The summed E-state index contributed by atoms with van der Waals surface area (Å²) in [5.41, 5.74) is 5.59. The van der Waals surface area contributed by atoms with Crippen molar-refractivity contribution in [2.24, 2.45) is 16.6 Å². The lowest BCUT2D eigenvalue weighted by Gasteiger charge is -2.38. The Bertz CT molecular complexity index is 363. The Balaban J connectivity index is 2.83. The number of carbonyl (C=O) groups excluding carboxylic acids is 1. The van der Waals surface area contributed by atoms with Gasteiger partial charge in [0.2, 0.25) is 0 Å². The fourth-order valence-corrected chi connectivity index (χ4v) is 2.72. The van der Waals surface area contributed by atoms with Gasteiger partial charge in [0.05, 0.1) is 6.04 Å². The Hall–Kier alpha value is -0.770. The first kappa shape index (κ1) is 16.3. The van der Waals surface area contributed by atoms with Crippen LogP contribution in [-0.2, 0) is 4.74 Å². The van der Waals surface area contributed by atoms with Gasteiger partial charge in [-0.2, -0.15) is 0 Å². The average molecular weight is 270 g/mol. The molecule has 1 aliphatic carbocycles. The Morgan fingerprint density at radius 3 is 1.89 bits per heavy atom. The first-order valence-electron chi connectivity index (χ1n) is 6.97. The summed E-state index contributed by atoms with van der Waals surface area (Å²) in [6.45, 7) is 16.1. The summed E-state index contributed by atoms with van der Waals surface area (Å²) in [6, 6.07) is -0.107. The van der Waals surface area contributed by atoms with Gasteiger partial charge in [0.1, 0.15) is 5.60 Å². The summed E-state index contributed by atoms with van der Waals surface area (Å²) in [5.74, 6) is 0. The van der Waals surface area contributed by atoms with Crippen molar-refractivity contribution in [3.8, 4) is 0 Å². The molecule has 3 N–H and O–H groups in total. The number of nitrogens with two attached hydrogens (primary N) is 1. The standard InChI is InChI=1S/C15H30N2O2/c1-12(2,3)10(15(16)9-14(15,7)8)17-11(18)19-13(4,5)6/h10H,9,16H2,1-8H3,(H,17,18). The first-order valence-corrected chi connectivity index (χ1v) is 6.97. The summed E-state index contributed by atoms with van der Waals surface area (Å²) in [6.07, 6.45) is 0.525. The SMILES string of the molecule is CC(C)(C)OC(=O)NC(C(C)(C)C)C1(N)CC1(C)C. The molecule has 0 bridgehead atoms. The van der Waals surface area contributed by atoms with Crippen LogP contribution >= 0.6 is 0 Å². The van der Waals surface area contributed by atoms with Crippen LogP contribution in [0.4, 0.5) is 4.79 Å². The molecular formula is C15H30N2O2. The van der Waals surface area contributed by atoms with E-state index in [2.05, 4.69) is 39.9 Å². The van der Waals surface area contributed by atoms with Crippen molar-refractivity contribution in [2.45, 2.75) is 79.0 Å². The third-order valence-corrected chi connectivity index (χ3v) is 3.91. The molecule has 0 saturated heterocycles. The van der Waals surface area contributed by atoms with E-state index < -0.39 is 5.60 Å². The molecule has 2 atom stereocenters. The van der Waals surface area contributed by atoms with Gasteiger partial charge in [0, 0.05) is 5.54 Å². The molecule has 1 rings (SSSR count). The van der Waals surface area contributed by atoms with Crippen LogP contribution in [0.25, 0.3) is 0 Å². The number of alkyl carbamates (subject to hydrolysis) is 1. The lowest BCUT2D eigenvalue weighted by atomic mass is 9.78. The minimum absolute atomic E-state index is 0.0555. The maximum Gasteiger partial charge on any atom is 0.407 e. The van der Waals surface area contributed by atoms with E-state index in [1.165, 1.54) is 0 Å². The number of carbonyl (C=O) groups is 1. The van der Waals surface area contributed by atoms with Crippen molar-refractivity contribution in [2.75, 3.05) is 0 Å². The molecule has 1 saturated carbocycles. The highest BCUT2D eigenvalue weighted by Crippen LogP contribution is 2.58. The van der Waals surface area contributed by atoms with Crippen molar-refractivity contribution < 1.29 is 9.53 Å². The van der Waals surface area contributed by atoms with Crippen LogP contribution in [0, 0.1) is 10.8 Å². The summed E-state index contributed by atoms with van der Waals surface area (Å²) in [7, 11) is 0. The van der Waals surface area contributed by atoms with Crippen molar-refractivity contribution >= 4 is 6.09 Å². The predicted octanol–water partition coefficient (Wildman–Crippen LogP) is 3.05. The Morgan fingerprint density at radius 2 is 1.63 bits per heavy atom. The van der Waals surface area contributed by atoms with E-state index >= 15 is 0 Å². The van der Waals surface area contributed by atoms with Crippen LogP contribution in [0.3, 0.4) is 0 Å². The number of rotatable bonds is 2. The van der Waals surface area contributed by atoms with Gasteiger partial charge in [0.15, 0.2) is 0 Å². The normalized spacial score (nSPS) is 27.6. The predicted molar refractivity (Wildman–Crippen MR) is 77.9 cm³/mol. The number of hydrogen-bond acceptors (Lipinski definition) is 3. The molecule has 4 nitrogen and oxygen atoms in total. The van der Waals surface area contributed by atoms with E-state index in [1.807, 2.05) is 20.8 Å². The van der Waals surface area contributed by atoms with Gasteiger partial charge in [-0.3, -0.25) is 0 Å². The zero-order valence-electron chi connectivity index (χ0n) is 13.7. The van der Waals surface area contributed by atoms with Gasteiger partial charge in [0.25, 0.3) is 0 Å². The van der Waals surface area contributed by atoms with Crippen molar-refractivity contribution in [1.29, 1.82) is 0 Å². The third-order valence-electron chi connectivity index (χ3n) is 3.91. The topological polar surface area (TPSA) is 64.3 Å². The Labute approximate surface area is 117 Å². The van der Waals surface area contributed by atoms with Gasteiger partial charge in [-0.25, -0.2) is 4.79 Å². The monoisotopic (exact) mass is 270 g/mol. The molecule has 4 heteroatoms. The Morgan fingerprint density at radius 1 is 1.21 bits per heavy atom. The molecule has 1 aliphatic rings. The smallest absolute Gasteiger partial charge is 0.407 e.